The van der Waals surface area contributed by atoms with Crippen LogP contribution in [0.5, 0.6) is 11.5 Å². The van der Waals surface area contributed by atoms with Gasteiger partial charge in [0.1, 0.15) is 6.10 Å². The normalized spacial score (nSPS) is 25.0. The van der Waals surface area contributed by atoms with Crippen LogP contribution < -0.4 is 9.64 Å². The predicted octanol–water partition coefficient (Wildman–Crippen LogP) is 4.36. The molecule has 1 aromatic carbocycles. The molecular formula is C24H26N2O5S. The maximum Gasteiger partial charge on any atom is 0.296 e. The summed E-state index contributed by atoms with van der Waals surface area (Å²) in [7, 11) is 0. The Hall–Kier alpha value is -2.87. The first-order valence-corrected chi connectivity index (χ1v) is 11.9. The van der Waals surface area contributed by atoms with E-state index >= 15 is 0 Å². The van der Waals surface area contributed by atoms with Gasteiger partial charge in [-0.15, -0.1) is 11.3 Å². The van der Waals surface area contributed by atoms with Crippen LogP contribution in [0.15, 0.2) is 29.5 Å². The van der Waals surface area contributed by atoms with Crippen LogP contribution in [0.3, 0.4) is 0 Å². The highest BCUT2D eigenvalue weighted by atomic mass is 32.1. The van der Waals surface area contributed by atoms with Crippen molar-refractivity contribution in [2.45, 2.75) is 58.6 Å². The van der Waals surface area contributed by atoms with E-state index < -0.39 is 6.04 Å². The van der Waals surface area contributed by atoms with Crippen LogP contribution in [0.1, 0.15) is 54.8 Å². The van der Waals surface area contributed by atoms with Gasteiger partial charge >= 0.3 is 0 Å². The van der Waals surface area contributed by atoms with E-state index in [9.17, 15) is 14.7 Å². The molecule has 1 fully saturated rings. The van der Waals surface area contributed by atoms with Gasteiger partial charge in [0.25, 0.3) is 5.91 Å². The number of carbonyl (C=O) groups is 2. The lowest BCUT2D eigenvalue weighted by atomic mass is 9.77. The fourth-order valence-corrected chi connectivity index (χ4v) is 5.82. The molecule has 1 N–H and O–H groups in total. The number of fused-ring (bicyclic) bond motifs is 1. The summed E-state index contributed by atoms with van der Waals surface area (Å²) in [5.74, 6) is -0.0754. The minimum Gasteiger partial charge on any atom is -0.504 e. The molecule has 1 aromatic heterocycles. The molecule has 5 rings (SSSR count). The first kappa shape index (κ1) is 21.0. The molecule has 1 amide bonds. The van der Waals surface area contributed by atoms with Crippen molar-refractivity contribution in [3.63, 3.8) is 0 Å². The summed E-state index contributed by atoms with van der Waals surface area (Å²) < 4.78 is 11.8. The van der Waals surface area contributed by atoms with Crippen molar-refractivity contribution < 1.29 is 24.2 Å². The smallest absolute Gasteiger partial charge is 0.296 e. The molecule has 3 aliphatic rings. The van der Waals surface area contributed by atoms with Crippen LogP contribution >= 0.6 is 11.3 Å². The van der Waals surface area contributed by atoms with E-state index in [4.69, 9.17) is 9.47 Å². The number of aromatic hydroxyl groups is 1. The highest BCUT2D eigenvalue weighted by Crippen LogP contribution is 2.49. The summed E-state index contributed by atoms with van der Waals surface area (Å²) in [5.41, 5.74) is 1.93. The number of anilines is 1. The highest BCUT2D eigenvalue weighted by Gasteiger charge is 2.53. The Morgan fingerprint density at radius 2 is 2.03 bits per heavy atom. The van der Waals surface area contributed by atoms with Gasteiger partial charge in [0.2, 0.25) is 0 Å². The standard InChI is InChI=1S/C24H26N2O5S/c1-4-30-18-11-14(9-10-16(18)27)20-19-21(28)15-7-5-6-8-17(15)31-22(19)23(29)26(20)24-25-12(2)13(3)32-24/h9-11,15,17,20,27H,4-8H2,1-3H3. The van der Waals surface area contributed by atoms with Crippen LogP contribution in [0.4, 0.5) is 5.13 Å². The number of nitrogens with zero attached hydrogens (tertiary/aromatic N) is 2. The molecule has 3 atom stereocenters. The van der Waals surface area contributed by atoms with Crippen molar-refractivity contribution in [1.29, 1.82) is 0 Å². The maximum absolute atomic E-state index is 13.7. The van der Waals surface area contributed by atoms with Gasteiger partial charge in [0, 0.05) is 4.88 Å². The number of ether oxygens (including phenoxy) is 2. The molecular weight excluding hydrogens is 428 g/mol. The second-order valence-electron chi connectivity index (χ2n) is 8.53. The molecule has 3 heterocycles. The zero-order chi connectivity index (χ0) is 22.6. The molecule has 7 nitrogen and oxygen atoms in total. The second kappa shape index (κ2) is 7.92. The Bertz CT molecular complexity index is 1120. The molecule has 2 aromatic rings. The number of benzene rings is 1. The monoisotopic (exact) mass is 454 g/mol. The van der Waals surface area contributed by atoms with Crippen molar-refractivity contribution in [1.82, 2.24) is 4.98 Å². The Kier molecular flexibility index (Phi) is 5.20. The Morgan fingerprint density at radius 1 is 1.25 bits per heavy atom. The number of hydrogen-bond donors (Lipinski definition) is 1. The van der Waals surface area contributed by atoms with Gasteiger partial charge in [-0.25, -0.2) is 4.98 Å². The molecule has 8 heteroatoms. The fourth-order valence-electron chi connectivity index (χ4n) is 4.89. The number of carbonyl (C=O) groups excluding carboxylic acids is 2. The molecule has 0 bridgehead atoms. The van der Waals surface area contributed by atoms with Crippen LogP contribution in [0, 0.1) is 19.8 Å². The Balaban J connectivity index is 1.67. The minimum absolute atomic E-state index is 0.00663. The predicted molar refractivity (Wildman–Crippen MR) is 120 cm³/mol. The third kappa shape index (κ3) is 3.20. The van der Waals surface area contributed by atoms with Gasteiger partial charge in [-0.05, 0) is 57.7 Å². The van der Waals surface area contributed by atoms with Crippen LogP contribution in [0.2, 0.25) is 0 Å². The topological polar surface area (TPSA) is 89.0 Å². The zero-order valence-electron chi connectivity index (χ0n) is 18.4. The summed E-state index contributed by atoms with van der Waals surface area (Å²) in [6.45, 7) is 6.08. The average molecular weight is 455 g/mol. The quantitative estimate of drug-likeness (QED) is 0.738. The van der Waals surface area contributed by atoms with E-state index in [0.29, 0.717) is 28.6 Å². The minimum atomic E-state index is -0.669. The number of amides is 1. The first-order valence-electron chi connectivity index (χ1n) is 11.1. The largest absolute Gasteiger partial charge is 0.504 e. The number of thiazole rings is 1. The molecule has 32 heavy (non-hydrogen) atoms. The van der Waals surface area contributed by atoms with E-state index in [0.717, 1.165) is 36.3 Å². The summed E-state index contributed by atoms with van der Waals surface area (Å²) in [4.78, 5) is 34.5. The Labute approximate surface area is 190 Å². The molecule has 0 spiro atoms. The summed E-state index contributed by atoms with van der Waals surface area (Å²) in [5, 5.41) is 10.7. The molecule has 168 valence electrons. The molecule has 2 aliphatic heterocycles. The van der Waals surface area contributed by atoms with E-state index in [2.05, 4.69) is 4.98 Å². The number of aromatic nitrogens is 1. The third-order valence-electron chi connectivity index (χ3n) is 6.59. The molecule has 0 saturated heterocycles. The van der Waals surface area contributed by atoms with Crippen LogP contribution in [-0.2, 0) is 14.3 Å². The lowest BCUT2D eigenvalue weighted by molar-refractivity contribution is -0.131. The second-order valence-corrected chi connectivity index (χ2v) is 9.71. The van der Waals surface area contributed by atoms with Gasteiger partial charge in [0.05, 0.1) is 29.8 Å². The van der Waals surface area contributed by atoms with Crippen LogP contribution in [0.25, 0.3) is 0 Å². The number of hydrogen-bond acceptors (Lipinski definition) is 7. The van der Waals surface area contributed by atoms with Gasteiger partial charge in [-0.1, -0.05) is 12.5 Å². The van der Waals surface area contributed by atoms with Gasteiger partial charge in [-0.3, -0.25) is 14.5 Å². The highest BCUT2D eigenvalue weighted by molar-refractivity contribution is 7.15. The number of Topliss-reactive ketones (excluding diaryl/α,β-unsaturated/α-hetero) is 1. The number of rotatable bonds is 4. The van der Waals surface area contributed by atoms with E-state index in [1.54, 1.807) is 17.0 Å². The van der Waals surface area contributed by atoms with Crippen molar-refractivity contribution in [3.8, 4) is 11.5 Å². The molecule has 0 radical (unpaired) electrons. The third-order valence-corrected chi connectivity index (χ3v) is 7.66. The Morgan fingerprint density at radius 3 is 2.75 bits per heavy atom. The molecule has 1 aliphatic carbocycles. The fraction of sp³-hybridized carbons (Fsp3) is 0.458. The SMILES string of the molecule is CCOc1cc(C2C3=C(OC4CCCCC4C3=O)C(=O)N2c2nc(C)c(C)s2)ccc1O. The summed E-state index contributed by atoms with van der Waals surface area (Å²) >= 11 is 1.42. The van der Waals surface area contributed by atoms with Crippen molar-refractivity contribution >= 4 is 28.2 Å². The number of phenolic OH excluding ortho intramolecular Hbond substituents is 1. The van der Waals surface area contributed by atoms with Crippen molar-refractivity contribution in [2.24, 2.45) is 5.92 Å². The van der Waals surface area contributed by atoms with E-state index in [-0.39, 0.29) is 35.2 Å². The lowest BCUT2D eigenvalue weighted by Gasteiger charge is -2.35. The van der Waals surface area contributed by atoms with Crippen LogP contribution in [-0.4, -0.2) is 34.5 Å². The van der Waals surface area contributed by atoms with Gasteiger partial charge < -0.3 is 14.6 Å². The first-order chi connectivity index (χ1) is 15.4. The summed E-state index contributed by atoms with van der Waals surface area (Å²) in [6.07, 6.45) is 3.31. The van der Waals surface area contributed by atoms with E-state index in [1.807, 2.05) is 20.8 Å². The number of ketones is 1. The molecule has 1 saturated carbocycles. The maximum atomic E-state index is 13.7. The number of phenols is 1. The summed E-state index contributed by atoms with van der Waals surface area (Å²) in [6, 6.07) is 4.30. The average Bonchev–Trinajstić information content (AvgIpc) is 3.26. The molecule has 3 unspecified atom stereocenters. The lowest BCUT2D eigenvalue weighted by Crippen LogP contribution is -2.39. The van der Waals surface area contributed by atoms with E-state index in [1.165, 1.54) is 17.4 Å². The number of aryl methyl sites for hydroxylation is 2. The van der Waals surface area contributed by atoms with Crippen molar-refractivity contribution in [3.05, 3.63) is 45.7 Å². The van der Waals surface area contributed by atoms with Gasteiger partial charge in [0.15, 0.2) is 28.2 Å². The van der Waals surface area contributed by atoms with Crippen molar-refractivity contribution in [2.75, 3.05) is 11.5 Å². The van der Waals surface area contributed by atoms with Gasteiger partial charge in [-0.2, -0.15) is 0 Å². The zero-order valence-corrected chi connectivity index (χ0v) is 19.2.